The van der Waals surface area contributed by atoms with Crippen LogP contribution >= 0.6 is 23.5 Å². The molecule has 0 aliphatic heterocycles. The smallest absolute Gasteiger partial charge is 0.306 e. The summed E-state index contributed by atoms with van der Waals surface area (Å²) in [6.07, 6.45) is -1.31. The number of rotatable bonds is 6. The summed E-state index contributed by atoms with van der Waals surface area (Å²) in [5, 5.41) is 0. The van der Waals surface area contributed by atoms with Crippen LogP contribution in [0.1, 0.15) is 6.92 Å². The van der Waals surface area contributed by atoms with Crippen LogP contribution in [0.2, 0.25) is 0 Å². The minimum absolute atomic E-state index is 0. The van der Waals surface area contributed by atoms with Gasteiger partial charge in [-0.1, -0.05) is 0 Å². The van der Waals surface area contributed by atoms with E-state index in [-0.39, 0.29) is 17.4 Å². The fourth-order valence-corrected chi connectivity index (χ4v) is 3.59. The van der Waals surface area contributed by atoms with Gasteiger partial charge in [-0.3, -0.25) is 4.52 Å². The predicted octanol–water partition coefficient (Wildman–Crippen LogP) is -1.55. The van der Waals surface area contributed by atoms with Crippen molar-refractivity contribution in [3.8, 4) is 0 Å². The van der Waals surface area contributed by atoms with Crippen LogP contribution < -0.4 is 5.73 Å². The molecule has 3 atom stereocenters. The van der Waals surface area contributed by atoms with Gasteiger partial charge in [0.2, 0.25) is 0 Å². The molecule has 0 heterocycles. The minimum Gasteiger partial charge on any atom is -0.306 e. The first kappa shape index (κ1) is 20.2. The highest BCUT2D eigenvalue weighted by Crippen LogP contribution is 2.66. The molecule has 0 saturated heterocycles. The highest BCUT2D eigenvalue weighted by atomic mass is 31.3. The zero-order valence-electron chi connectivity index (χ0n) is 7.73. The van der Waals surface area contributed by atoms with Gasteiger partial charge in [-0.05, 0) is 6.92 Å². The molecule has 3 unspecified atom stereocenters. The van der Waals surface area contributed by atoms with E-state index < -0.39 is 29.7 Å². The Labute approximate surface area is 106 Å². The highest BCUT2D eigenvalue weighted by molar-refractivity contribution is 7.66. The Hall–Kier alpha value is 0.902. The molecule has 0 bridgehead atoms. The lowest BCUT2D eigenvalue weighted by atomic mass is 10.7. The van der Waals surface area contributed by atoms with E-state index in [0.717, 1.165) is 6.92 Å². The number of phosphoric ester groups is 1. The maximum atomic E-state index is 10.9. The van der Waals surface area contributed by atoms with Crippen molar-refractivity contribution in [3.63, 3.8) is 0 Å². The number of phosphoric acid groups is 3. The van der Waals surface area contributed by atoms with Gasteiger partial charge in [0.25, 0.3) is 0 Å². The van der Waals surface area contributed by atoms with Crippen LogP contribution in [0.3, 0.4) is 0 Å². The Morgan fingerprint density at radius 2 is 1.41 bits per heavy atom. The molecule has 17 heavy (non-hydrogen) atoms. The summed E-state index contributed by atoms with van der Waals surface area (Å²) in [5.74, 6) is 0. The molecule has 0 spiro atoms. The van der Waals surface area contributed by atoms with Gasteiger partial charge < -0.3 is 25.3 Å². The molecule has 0 aliphatic carbocycles. The molecule has 0 radical (unpaired) electrons. The minimum atomic E-state index is -5.45. The standard InChI is InChI=1S/C2H10NO10P3.Al.3H/c1-2(3)11-15(7,8)13-16(9,10)12-14(4,5)6;;;;/h2H,3H2,1H3,(H,7,8)(H,9,10)(H2,4,5,6);;;;. The second kappa shape index (κ2) is 6.89. The van der Waals surface area contributed by atoms with Gasteiger partial charge in [0, 0.05) is 0 Å². The van der Waals surface area contributed by atoms with Crippen LogP contribution in [0.5, 0.6) is 0 Å². The summed E-state index contributed by atoms with van der Waals surface area (Å²) >= 11 is 0. The summed E-state index contributed by atoms with van der Waals surface area (Å²) in [5.41, 5.74) is 4.92. The third-order valence-corrected chi connectivity index (χ3v) is 4.64. The van der Waals surface area contributed by atoms with Gasteiger partial charge >= 0.3 is 23.5 Å². The number of hydrogen-bond acceptors (Lipinski definition) is 7. The lowest BCUT2D eigenvalue weighted by molar-refractivity contribution is 0.138. The third-order valence-electron chi connectivity index (χ3n) is 0.715. The van der Waals surface area contributed by atoms with Crippen molar-refractivity contribution < 1.29 is 46.4 Å². The Morgan fingerprint density at radius 3 is 1.71 bits per heavy atom. The van der Waals surface area contributed by atoms with Gasteiger partial charge in [0.15, 0.2) is 17.4 Å². The van der Waals surface area contributed by atoms with Crippen molar-refractivity contribution in [3.05, 3.63) is 0 Å². The van der Waals surface area contributed by atoms with Gasteiger partial charge in [-0.25, -0.2) is 13.7 Å². The predicted molar refractivity (Wildman–Crippen MR) is 58.5 cm³/mol. The molecule has 6 N–H and O–H groups in total. The second-order valence-corrected chi connectivity index (χ2v) is 6.77. The van der Waals surface area contributed by atoms with Crippen molar-refractivity contribution in [2.75, 3.05) is 0 Å². The summed E-state index contributed by atoms with van der Waals surface area (Å²) in [7, 11) is -15.9. The normalized spacial score (nSPS) is 20.8. The SMILES string of the molecule is CC(N)OP(=O)(O)OP(=O)(O)OP(=O)(O)O.[AlH3]. The Kier molecular flexibility index (Phi) is 8.20. The molecule has 0 aromatic heterocycles. The van der Waals surface area contributed by atoms with Crippen molar-refractivity contribution in [2.45, 2.75) is 13.2 Å². The molecule has 0 aliphatic rings. The van der Waals surface area contributed by atoms with Crippen LogP contribution in [0.15, 0.2) is 0 Å². The zero-order valence-corrected chi connectivity index (χ0v) is 10.4. The van der Waals surface area contributed by atoms with Crippen molar-refractivity contribution in [1.82, 2.24) is 0 Å². The lowest BCUT2D eigenvalue weighted by Crippen LogP contribution is -2.17. The maximum absolute atomic E-state index is 10.9. The fraction of sp³-hybridized carbons (Fsp3) is 1.00. The highest BCUT2D eigenvalue weighted by Gasteiger charge is 2.41. The van der Waals surface area contributed by atoms with E-state index in [2.05, 4.69) is 13.1 Å². The van der Waals surface area contributed by atoms with Crippen LogP contribution in [0.4, 0.5) is 0 Å². The first-order valence-electron chi connectivity index (χ1n) is 3.41. The molecular formula is C2H13AlNO10P3. The van der Waals surface area contributed by atoms with Gasteiger partial charge in [-0.15, -0.1) is 0 Å². The van der Waals surface area contributed by atoms with E-state index in [1.165, 1.54) is 0 Å². The summed E-state index contributed by atoms with van der Waals surface area (Å²) in [6, 6.07) is 0. The zero-order chi connectivity index (χ0) is 13.2. The average Bonchev–Trinajstić information content (AvgIpc) is 1.69. The Bertz CT molecular complexity index is 376. The first-order chi connectivity index (χ1) is 6.83. The van der Waals surface area contributed by atoms with Crippen LogP contribution in [-0.4, -0.2) is 43.2 Å². The third kappa shape index (κ3) is 11.7. The Balaban J connectivity index is 0. The molecule has 0 aromatic rings. The molecule has 0 amide bonds. The molecule has 0 saturated carbocycles. The summed E-state index contributed by atoms with van der Waals surface area (Å²) < 4.78 is 42.6. The molecule has 15 heteroatoms. The van der Waals surface area contributed by atoms with E-state index >= 15 is 0 Å². The van der Waals surface area contributed by atoms with Gasteiger partial charge in [-0.2, -0.15) is 8.62 Å². The van der Waals surface area contributed by atoms with Crippen LogP contribution in [-0.2, 0) is 26.8 Å². The fourth-order valence-electron chi connectivity index (χ4n) is 0.509. The summed E-state index contributed by atoms with van der Waals surface area (Å²) in [4.78, 5) is 33.8. The van der Waals surface area contributed by atoms with Crippen LogP contribution in [0, 0.1) is 0 Å². The second-order valence-electron chi connectivity index (χ2n) is 2.40. The quantitative estimate of drug-likeness (QED) is 0.215. The molecule has 104 valence electrons. The van der Waals surface area contributed by atoms with E-state index in [4.69, 9.17) is 25.3 Å². The summed E-state index contributed by atoms with van der Waals surface area (Å²) in [6.45, 7) is 1.11. The van der Waals surface area contributed by atoms with Crippen molar-refractivity contribution in [1.29, 1.82) is 0 Å². The monoisotopic (exact) mass is 331 g/mol. The van der Waals surface area contributed by atoms with E-state index in [0.29, 0.717) is 0 Å². The van der Waals surface area contributed by atoms with Gasteiger partial charge in [0.05, 0.1) is 0 Å². The van der Waals surface area contributed by atoms with E-state index in [9.17, 15) is 13.7 Å². The molecule has 0 fully saturated rings. The first-order valence-corrected chi connectivity index (χ1v) is 7.93. The maximum Gasteiger partial charge on any atom is 0.490 e. The van der Waals surface area contributed by atoms with E-state index in [1.807, 2.05) is 0 Å². The molecule has 0 aromatic carbocycles. The number of hydrogen-bond donors (Lipinski definition) is 5. The topological polar surface area (TPSA) is 186 Å². The van der Waals surface area contributed by atoms with Crippen molar-refractivity contribution in [2.24, 2.45) is 5.73 Å². The van der Waals surface area contributed by atoms with E-state index in [1.54, 1.807) is 0 Å². The van der Waals surface area contributed by atoms with Crippen molar-refractivity contribution >= 4 is 40.8 Å². The van der Waals surface area contributed by atoms with Gasteiger partial charge in [0.1, 0.15) is 6.23 Å². The molecule has 11 nitrogen and oxygen atoms in total. The van der Waals surface area contributed by atoms with Crippen LogP contribution in [0.25, 0.3) is 0 Å². The molecular weight excluding hydrogens is 318 g/mol. The average molecular weight is 331 g/mol. The lowest BCUT2D eigenvalue weighted by Gasteiger charge is -2.17. The molecule has 0 rings (SSSR count). The Morgan fingerprint density at radius 1 is 1.00 bits per heavy atom. The number of nitrogens with two attached hydrogens (primary N) is 1. The largest absolute Gasteiger partial charge is 0.490 e.